The minimum absolute atomic E-state index is 0.114. The van der Waals surface area contributed by atoms with Gasteiger partial charge in [-0.05, 0) is 56.8 Å². The standard InChI is InChI=1S/C56H86/c1-8-15-22-28-31-32-33-35-39-44-51-55(49-42-37-30-24-17-10-3,50-43-38-34-29-23-16-9-2)56(52-45-27-20-13-6,53-46-36-25-18-11-4)54(47-40-21-14-7)48-41-26-19-12-5/h54H,8-34,36-38,41,48H2,1-7H3. The topological polar surface area (TPSA) is 0 Å². The lowest BCUT2D eigenvalue weighted by Gasteiger charge is -2.38. The molecule has 0 radical (unpaired) electrons. The molecule has 3 unspecified atom stereocenters. The van der Waals surface area contributed by atoms with Crippen LogP contribution in [0.25, 0.3) is 0 Å². The van der Waals surface area contributed by atoms with Crippen LogP contribution in [0.1, 0.15) is 254 Å². The van der Waals surface area contributed by atoms with E-state index in [9.17, 15) is 0 Å². The average Bonchev–Trinajstić information content (AvgIpc) is 3.21. The fourth-order valence-corrected chi connectivity index (χ4v) is 6.74. The van der Waals surface area contributed by atoms with Gasteiger partial charge in [-0.25, -0.2) is 0 Å². The van der Waals surface area contributed by atoms with E-state index < -0.39 is 10.8 Å². The maximum atomic E-state index is 3.91. The lowest BCUT2D eigenvalue weighted by molar-refractivity contribution is 0.283. The molecule has 0 rings (SSSR count). The Kier molecular flexibility index (Phi) is 37.9. The summed E-state index contributed by atoms with van der Waals surface area (Å²) in [7, 11) is 0. The number of rotatable bonds is 28. The predicted octanol–water partition coefficient (Wildman–Crippen LogP) is 16.2. The summed E-state index contributed by atoms with van der Waals surface area (Å²) in [5.74, 6) is 51.3. The van der Waals surface area contributed by atoms with Gasteiger partial charge in [0.1, 0.15) is 5.41 Å². The van der Waals surface area contributed by atoms with Gasteiger partial charge in [0.05, 0.1) is 5.92 Å². The third-order valence-electron chi connectivity index (χ3n) is 10.4. The van der Waals surface area contributed by atoms with E-state index in [1.54, 1.807) is 0 Å². The van der Waals surface area contributed by atoms with Gasteiger partial charge in [-0.2, -0.15) is 0 Å². The van der Waals surface area contributed by atoms with Crippen molar-refractivity contribution in [1.29, 1.82) is 0 Å². The largest absolute Gasteiger partial charge is 0.181 e. The molecule has 310 valence electrons. The van der Waals surface area contributed by atoms with E-state index in [1.165, 1.54) is 109 Å². The number of unbranched alkanes of at least 4 members (excludes halogenated alkanes) is 24. The molecule has 0 aliphatic rings. The second-order valence-corrected chi connectivity index (χ2v) is 15.8. The first-order valence-corrected chi connectivity index (χ1v) is 24.1. The molecule has 0 fully saturated rings. The molecular formula is C56H86. The van der Waals surface area contributed by atoms with Gasteiger partial charge in [0.15, 0.2) is 5.41 Å². The molecule has 0 bridgehead atoms. The summed E-state index contributed by atoms with van der Waals surface area (Å²) in [5.41, 5.74) is -2.01. The zero-order valence-corrected chi connectivity index (χ0v) is 38.2. The van der Waals surface area contributed by atoms with Gasteiger partial charge < -0.3 is 0 Å². The summed E-state index contributed by atoms with van der Waals surface area (Å²) in [6.45, 7) is 15.8. The molecule has 56 heavy (non-hydrogen) atoms. The molecule has 3 atom stereocenters. The smallest absolute Gasteiger partial charge is 0.103 e. The number of hydrogen-bond acceptors (Lipinski definition) is 0. The monoisotopic (exact) mass is 759 g/mol. The second kappa shape index (κ2) is 40.1. The van der Waals surface area contributed by atoms with Crippen LogP contribution in [0.5, 0.6) is 0 Å². The van der Waals surface area contributed by atoms with Crippen molar-refractivity contribution in [2.45, 2.75) is 254 Å². The van der Waals surface area contributed by atoms with Crippen molar-refractivity contribution in [2.24, 2.45) is 16.7 Å². The lowest BCUT2D eigenvalue weighted by Crippen LogP contribution is -2.43. The first-order chi connectivity index (χ1) is 27.6. The van der Waals surface area contributed by atoms with Crippen molar-refractivity contribution in [3.05, 3.63) is 0 Å². The van der Waals surface area contributed by atoms with Crippen molar-refractivity contribution in [1.82, 2.24) is 0 Å². The van der Waals surface area contributed by atoms with E-state index in [0.717, 1.165) is 96.3 Å². The molecule has 0 aliphatic heterocycles. The van der Waals surface area contributed by atoms with Crippen LogP contribution in [-0.2, 0) is 0 Å². The predicted molar refractivity (Wildman–Crippen MR) is 250 cm³/mol. The third-order valence-corrected chi connectivity index (χ3v) is 10.4. The van der Waals surface area contributed by atoms with Gasteiger partial charge in [0, 0.05) is 38.5 Å². The molecule has 0 aromatic heterocycles. The van der Waals surface area contributed by atoms with Crippen LogP contribution >= 0.6 is 0 Å². The van der Waals surface area contributed by atoms with Crippen molar-refractivity contribution < 1.29 is 0 Å². The van der Waals surface area contributed by atoms with E-state index >= 15 is 0 Å². The van der Waals surface area contributed by atoms with Gasteiger partial charge in [0.2, 0.25) is 0 Å². The van der Waals surface area contributed by atoms with E-state index in [-0.39, 0.29) is 5.92 Å². The first kappa shape index (κ1) is 52.9. The lowest BCUT2D eigenvalue weighted by atomic mass is 9.57. The quantitative estimate of drug-likeness (QED) is 0.0551. The van der Waals surface area contributed by atoms with Gasteiger partial charge >= 0.3 is 0 Å². The van der Waals surface area contributed by atoms with Gasteiger partial charge in [0.25, 0.3) is 0 Å². The van der Waals surface area contributed by atoms with Crippen LogP contribution < -0.4 is 0 Å². The molecule has 0 spiro atoms. The number of hydrogen-bond donors (Lipinski definition) is 0. The highest BCUT2D eigenvalue weighted by atomic mass is 14.5. The summed E-state index contributed by atoms with van der Waals surface area (Å²) >= 11 is 0. The Balaban J connectivity index is 8.00. The maximum Gasteiger partial charge on any atom is 0.181 e. The highest BCUT2D eigenvalue weighted by Crippen LogP contribution is 2.47. The summed E-state index contributed by atoms with van der Waals surface area (Å²) in [4.78, 5) is 0. The molecule has 0 heteroatoms. The Morgan fingerprint density at radius 3 is 1.21 bits per heavy atom. The van der Waals surface area contributed by atoms with E-state index in [4.69, 9.17) is 0 Å². The van der Waals surface area contributed by atoms with Gasteiger partial charge in [-0.15, -0.1) is 29.6 Å². The van der Waals surface area contributed by atoms with Crippen LogP contribution in [-0.4, -0.2) is 0 Å². The van der Waals surface area contributed by atoms with Crippen molar-refractivity contribution in [2.75, 3.05) is 0 Å². The minimum atomic E-state index is -1.08. The minimum Gasteiger partial charge on any atom is -0.103 e. The van der Waals surface area contributed by atoms with Crippen LogP contribution in [0.2, 0.25) is 0 Å². The Hall–Kier alpha value is -3.08. The zero-order valence-electron chi connectivity index (χ0n) is 38.2. The third kappa shape index (κ3) is 26.0. The molecule has 0 aliphatic carbocycles. The Morgan fingerprint density at radius 2 is 0.696 bits per heavy atom. The van der Waals surface area contributed by atoms with E-state index in [0.29, 0.717) is 0 Å². The Labute approximate surface area is 352 Å². The summed E-state index contributed by atoms with van der Waals surface area (Å²) in [6, 6.07) is 0. The highest BCUT2D eigenvalue weighted by molar-refractivity contribution is 5.55. The van der Waals surface area contributed by atoms with E-state index in [2.05, 4.69) is 131 Å². The summed E-state index contributed by atoms with van der Waals surface area (Å²) in [5, 5.41) is 0. The van der Waals surface area contributed by atoms with Crippen LogP contribution in [0, 0.1) is 99.6 Å². The second-order valence-electron chi connectivity index (χ2n) is 15.8. The molecule has 0 amide bonds. The maximum absolute atomic E-state index is 3.91. The summed E-state index contributed by atoms with van der Waals surface area (Å²) < 4.78 is 0. The highest BCUT2D eigenvalue weighted by Gasteiger charge is 2.52. The van der Waals surface area contributed by atoms with E-state index in [1.807, 2.05) is 0 Å². The van der Waals surface area contributed by atoms with Gasteiger partial charge in [-0.3, -0.25) is 0 Å². The van der Waals surface area contributed by atoms with Crippen molar-refractivity contribution in [3.63, 3.8) is 0 Å². The van der Waals surface area contributed by atoms with Crippen LogP contribution in [0.3, 0.4) is 0 Å². The fourth-order valence-electron chi connectivity index (χ4n) is 6.74. The fraction of sp³-hybridized carbons (Fsp3) is 0.750. The molecule has 0 aromatic rings. The molecule has 0 saturated heterocycles. The normalized spacial score (nSPS) is 12.6. The molecule has 0 heterocycles. The van der Waals surface area contributed by atoms with Crippen molar-refractivity contribution in [3.8, 4) is 82.9 Å². The van der Waals surface area contributed by atoms with Crippen molar-refractivity contribution >= 4 is 0 Å². The Bertz CT molecular complexity index is 1390. The first-order valence-electron chi connectivity index (χ1n) is 24.1. The zero-order chi connectivity index (χ0) is 41.1. The summed E-state index contributed by atoms with van der Waals surface area (Å²) in [6.07, 6.45) is 35.7. The van der Waals surface area contributed by atoms with Gasteiger partial charge in [-0.1, -0.05) is 212 Å². The van der Waals surface area contributed by atoms with Crippen LogP contribution in [0.15, 0.2) is 0 Å². The molecule has 0 aromatic carbocycles. The molecule has 0 saturated carbocycles. The SMILES string of the molecule is CCCC#CC(CCCCCC)C(C#CCCCC)(C#CCCCCC)C(C#CC#CCCCCCCCC)(C#CCCCCCC)C#CCCCCCCC. The molecular weight excluding hydrogens is 673 g/mol. The Morgan fingerprint density at radius 1 is 0.304 bits per heavy atom. The molecule has 0 nitrogen and oxygen atoms in total. The molecule has 0 N–H and O–H groups in total. The van der Waals surface area contributed by atoms with Crippen LogP contribution in [0.4, 0.5) is 0 Å². The average molecular weight is 759 g/mol.